The SMILES string of the molecule is N#Cc1ccc(-c2ncc(Br)c(Nc3cc(C4CC4)[nH]n3)n2)s1. The van der Waals surface area contributed by atoms with E-state index < -0.39 is 0 Å². The summed E-state index contributed by atoms with van der Waals surface area (Å²) < 4.78 is 0.759. The first kappa shape index (κ1) is 14.4. The standard InChI is InChI=1S/C15H11BrN6S/c16-10-7-18-15(12-4-3-9(6-17)23-12)20-14(10)19-13-5-11(21-22-13)8-1-2-8/h3-5,7-8H,1-2H2,(H2,18,19,20,21,22). The smallest absolute Gasteiger partial charge is 0.171 e. The molecule has 4 rings (SSSR count). The van der Waals surface area contributed by atoms with E-state index in [0.717, 1.165) is 20.9 Å². The van der Waals surface area contributed by atoms with Crippen LogP contribution in [0.4, 0.5) is 11.6 Å². The van der Waals surface area contributed by atoms with Gasteiger partial charge < -0.3 is 5.32 Å². The molecule has 1 aliphatic rings. The van der Waals surface area contributed by atoms with Crippen LogP contribution in [-0.2, 0) is 0 Å². The molecule has 0 amide bonds. The number of nitrogens with zero attached hydrogens (tertiary/aromatic N) is 4. The summed E-state index contributed by atoms with van der Waals surface area (Å²) in [5.41, 5.74) is 1.16. The summed E-state index contributed by atoms with van der Waals surface area (Å²) >= 11 is 4.83. The van der Waals surface area contributed by atoms with Crippen LogP contribution in [0.1, 0.15) is 29.3 Å². The third-order valence-electron chi connectivity index (χ3n) is 3.54. The number of anilines is 2. The fourth-order valence-corrected chi connectivity index (χ4v) is 3.25. The Morgan fingerprint density at radius 3 is 3.00 bits per heavy atom. The second-order valence-corrected chi connectivity index (χ2v) is 7.21. The zero-order valence-corrected chi connectivity index (χ0v) is 14.3. The van der Waals surface area contributed by atoms with Crippen molar-refractivity contribution in [3.05, 3.63) is 39.4 Å². The molecule has 1 fully saturated rings. The Balaban J connectivity index is 1.62. The quantitative estimate of drug-likeness (QED) is 0.701. The lowest BCUT2D eigenvalue weighted by Crippen LogP contribution is -1.98. The van der Waals surface area contributed by atoms with Gasteiger partial charge in [0.05, 0.1) is 9.35 Å². The van der Waals surface area contributed by atoms with E-state index in [1.165, 1.54) is 24.2 Å². The van der Waals surface area contributed by atoms with Gasteiger partial charge >= 0.3 is 0 Å². The molecular formula is C15H11BrN6S. The first-order chi connectivity index (χ1) is 11.2. The van der Waals surface area contributed by atoms with E-state index in [-0.39, 0.29) is 0 Å². The molecule has 0 aromatic carbocycles. The minimum atomic E-state index is 0.583. The third kappa shape index (κ3) is 2.98. The van der Waals surface area contributed by atoms with Crippen molar-refractivity contribution in [3.63, 3.8) is 0 Å². The van der Waals surface area contributed by atoms with Crippen molar-refractivity contribution in [2.75, 3.05) is 5.32 Å². The van der Waals surface area contributed by atoms with Gasteiger partial charge in [0.1, 0.15) is 16.8 Å². The van der Waals surface area contributed by atoms with E-state index in [4.69, 9.17) is 5.26 Å². The van der Waals surface area contributed by atoms with Crippen LogP contribution in [0.25, 0.3) is 10.7 Å². The third-order valence-corrected chi connectivity index (χ3v) is 5.11. The molecule has 0 atom stereocenters. The number of hydrogen-bond donors (Lipinski definition) is 2. The molecule has 0 radical (unpaired) electrons. The van der Waals surface area contributed by atoms with E-state index in [2.05, 4.69) is 47.5 Å². The van der Waals surface area contributed by atoms with Crippen LogP contribution >= 0.6 is 27.3 Å². The Morgan fingerprint density at radius 1 is 1.39 bits per heavy atom. The van der Waals surface area contributed by atoms with E-state index >= 15 is 0 Å². The van der Waals surface area contributed by atoms with Crippen LogP contribution in [0.2, 0.25) is 0 Å². The number of rotatable bonds is 4. The largest absolute Gasteiger partial charge is 0.322 e. The Hall–Kier alpha value is -2.24. The van der Waals surface area contributed by atoms with Crippen molar-refractivity contribution in [3.8, 4) is 16.8 Å². The Labute approximate surface area is 144 Å². The number of H-pyrrole nitrogens is 1. The lowest BCUT2D eigenvalue weighted by Gasteiger charge is -2.05. The molecule has 1 aliphatic carbocycles. The van der Waals surface area contributed by atoms with E-state index in [0.29, 0.717) is 22.4 Å². The molecule has 0 bridgehead atoms. The summed E-state index contributed by atoms with van der Waals surface area (Å²) in [5.74, 6) is 2.59. The first-order valence-electron chi connectivity index (χ1n) is 7.08. The molecule has 2 N–H and O–H groups in total. The fraction of sp³-hybridized carbons (Fsp3) is 0.200. The van der Waals surface area contributed by atoms with Crippen LogP contribution < -0.4 is 5.32 Å². The topological polar surface area (TPSA) is 90.3 Å². The maximum absolute atomic E-state index is 8.93. The molecule has 0 saturated heterocycles. The van der Waals surface area contributed by atoms with E-state index in [1.807, 2.05) is 12.1 Å². The average Bonchev–Trinajstić information content (AvgIpc) is 3.11. The van der Waals surface area contributed by atoms with Gasteiger partial charge in [-0.25, -0.2) is 9.97 Å². The van der Waals surface area contributed by atoms with Crippen molar-refractivity contribution in [1.82, 2.24) is 20.2 Å². The van der Waals surface area contributed by atoms with E-state index in [1.54, 1.807) is 12.3 Å². The van der Waals surface area contributed by atoms with Gasteiger partial charge in [-0.05, 0) is 40.9 Å². The molecule has 3 aromatic heterocycles. The van der Waals surface area contributed by atoms with Gasteiger partial charge in [0.25, 0.3) is 0 Å². The number of aromatic amines is 1. The van der Waals surface area contributed by atoms with Crippen LogP contribution in [0.15, 0.2) is 28.9 Å². The first-order valence-corrected chi connectivity index (χ1v) is 8.69. The predicted octanol–water partition coefficient (Wildman–Crippen LogP) is 4.18. The highest BCUT2D eigenvalue weighted by Gasteiger charge is 2.25. The molecule has 3 aromatic rings. The molecule has 8 heteroatoms. The summed E-state index contributed by atoms with van der Waals surface area (Å²) in [6.45, 7) is 0. The average molecular weight is 387 g/mol. The highest BCUT2D eigenvalue weighted by Crippen LogP contribution is 2.40. The van der Waals surface area contributed by atoms with Crippen molar-refractivity contribution in [1.29, 1.82) is 5.26 Å². The molecule has 1 saturated carbocycles. The van der Waals surface area contributed by atoms with Gasteiger partial charge in [-0.1, -0.05) is 0 Å². The molecule has 0 spiro atoms. The zero-order chi connectivity index (χ0) is 15.8. The monoisotopic (exact) mass is 386 g/mol. The molecule has 0 unspecified atom stereocenters. The summed E-state index contributed by atoms with van der Waals surface area (Å²) in [7, 11) is 0. The molecule has 0 aliphatic heterocycles. The van der Waals surface area contributed by atoms with Crippen molar-refractivity contribution in [2.45, 2.75) is 18.8 Å². The normalized spacial score (nSPS) is 13.7. The molecule has 114 valence electrons. The van der Waals surface area contributed by atoms with Crippen molar-refractivity contribution in [2.24, 2.45) is 0 Å². The van der Waals surface area contributed by atoms with Crippen molar-refractivity contribution >= 4 is 38.9 Å². The number of nitriles is 1. The Kier molecular flexibility index (Phi) is 3.59. The van der Waals surface area contributed by atoms with Gasteiger partial charge in [-0.15, -0.1) is 11.3 Å². The summed E-state index contributed by atoms with van der Waals surface area (Å²) in [5, 5.41) is 19.5. The second-order valence-electron chi connectivity index (χ2n) is 5.27. The van der Waals surface area contributed by atoms with Crippen LogP contribution in [0, 0.1) is 11.3 Å². The van der Waals surface area contributed by atoms with E-state index in [9.17, 15) is 0 Å². The molecular weight excluding hydrogens is 376 g/mol. The van der Waals surface area contributed by atoms with Gasteiger partial charge in [-0.2, -0.15) is 10.4 Å². The van der Waals surface area contributed by atoms with Gasteiger partial charge in [0.2, 0.25) is 0 Å². The van der Waals surface area contributed by atoms with Gasteiger partial charge in [0.15, 0.2) is 11.6 Å². The summed E-state index contributed by atoms with van der Waals surface area (Å²) in [4.78, 5) is 10.4. The number of halogens is 1. The molecule has 6 nitrogen and oxygen atoms in total. The molecule has 23 heavy (non-hydrogen) atoms. The number of hydrogen-bond acceptors (Lipinski definition) is 6. The zero-order valence-electron chi connectivity index (χ0n) is 11.9. The van der Waals surface area contributed by atoms with Gasteiger partial charge in [0, 0.05) is 23.9 Å². The Morgan fingerprint density at radius 2 is 2.26 bits per heavy atom. The van der Waals surface area contributed by atoms with Crippen LogP contribution in [-0.4, -0.2) is 20.2 Å². The molecule has 3 heterocycles. The summed E-state index contributed by atoms with van der Waals surface area (Å²) in [6.07, 6.45) is 4.15. The number of aromatic nitrogens is 4. The number of thiophene rings is 1. The second kappa shape index (κ2) is 5.76. The lowest BCUT2D eigenvalue weighted by atomic mass is 10.3. The highest BCUT2D eigenvalue weighted by atomic mass is 79.9. The lowest BCUT2D eigenvalue weighted by molar-refractivity contribution is 0.966. The summed E-state index contributed by atoms with van der Waals surface area (Å²) in [6, 6.07) is 7.77. The highest BCUT2D eigenvalue weighted by molar-refractivity contribution is 9.10. The predicted molar refractivity (Wildman–Crippen MR) is 91.6 cm³/mol. The number of nitrogens with one attached hydrogen (secondary N) is 2. The Bertz CT molecular complexity index is 905. The maximum Gasteiger partial charge on any atom is 0.171 e. The van der Waals surface area contributed by atoms with Crippen LogP contribution in [0.5, 0.6) is 0 Å². The fourth-order valence-electron chi connectivity index (χ4n) is 2.22. The minimum Gasteiger partial charge on any atom is -0.322 e. The van der Waals surface area contributed by atoms with Gasteiger partial charge in [-0.3, -0.25) is 5.10 Å². The maximum atomic E-state index is 8.93. The minimum absolute atomic E-state index is 0.583. The van der Waals surface area contributed by atoms with Crippen LogP contribution in [0.3, 0.4) is 0 Å². The van der Waals surface area contributed by atoms with Crippen molar-refractivity contribution < 1.29 is 0 Å².